The van der Waals surface area contributed by atoms with Crippen LogP contribution in [0.2, 0.25) is 0 Å². The summed E-state index contributed by atoms with van der Waals surface area (Å²) in [5.41, 5.74) is 19.8. The fourth-order valence-corrected chi connectivity index (χ4v) is 12.9. The molecular formula is C67H67F3N10O8S3. The number of rotatable bonds is 15. The Balaban J connectivity index is 0.000000178. The second-order valence-electron chi connectivity index (χ2n) is 23.0. The van der Waals surface area contributed by atoms with E-state index in [2.05, 4.69) is 25.6 Å². The molecule has 0 saturated heterocycles. The van der Waals surface area contributed by atoms with E-state index in [1.165, 1.54) is 61.1 Å². The quantitative estimate of drug-likeness (QED) is 0.0741. The van der Waals surface area contributed by atoms with Crippen LogP contribution in [0, 0.1) is 28.8 Å². The maximum Gasteiger partial charge on any atom is 0.408 e. The Morgan fingerprint density at radius 3 is 1.25 bits per heavy atom. The standard InChI is InChI=1S/C24H21FN6O2S.C24H27FN2O4S.C19H19FN2O2S/c1-14(30-24-18(11-26)23(27)28-13-29-24)22-21(15-6-4-3-5-7-15)19(12-34(2,32)33)17-10-16(25)8-9-20(17)31-22;1-15(26-23(28)31-24(2,3)4)22-21(16-9-7-6-8-10-16)19(14-32(5,29)30)18-13-17(25)11-12-20(18)27-22;1-12(21)19-18(13-6-4-3-5-7-13)16(11-25(2,23)24)15-10-14(20)8-9-17(15)22-19/h3-10,13-14H,12H2,1-2H3,(H3,27,28,29,30);6-13,15H,14H2,1-5H3,(H,26,28);3-10,12H,11,21H2,1-2H3. The molecular weight excluding hydrogens is 1230 g/mol. The molecule has 6 N–H and O–H groups in total. The van der Waals surface area contributed by atoms with E-state index in [4.69, 9.17) is 26.2 Å². The van der Waals surface area contributed by atoms with Gasteiger partial charge in [-0.1, -0.05) is 91.0 Å². The zero-order valence-electron chi connectivity index (χ0n) is 51.2. The highest BCUT2D eigenvalue weighted by molar-refractivity contribution is 7.90. The maximum atomic E-state index is 14.2. The summed E-state index contributed by atoms with van der Waals surface area (Å²) in [6.45, 7) is 10.7. The number of carbonyl (C=O) groups is 1. The predicted molar refractivity (Wildman–Crippen MR) is 351 cm³/mol. The number of sulfone groups is 3. The number of aromatic nitrogens is 5. The van der Waals surface area contributed by atoms with Gasteiger partial charge in [0.05, 0.1) is 63.0 Å². The van der Waals surface area contributed by atoms with E-state index in [-0.39, 0.29) is 34.5 Å². The molecule has 6 aromatic carbocycles. The number of nitrogens with two attached hydrogens (primary N) is 2. The minimum atomic E-state index is -3.48. The van der Waals surface area contributed by atoms with Crippen LogP contribution in [0.25, 0.3) is 66.1 Å². The lowest BCUT2D eigenvalue weighted by atomic mass is 9.93. The van der Waals surface area contributed by atoms with Crippen LogP contribution in [0.3, 0.4) is 0 Å². The molecule has 1 amide bonds. The number of nitrogens with zero attached hydrogens (tertiary/aromatic N) is 6. The number of fused-ring (bicyclic) bond motifs is 3. The first kappa shape index (κ1) is 67.5. The first-order valence-corrected chi connectivity index (χ1v) is 34.5. The van der Waals surface area contributed by atoms with Gasteiger partial charge in [0.15, 0.2) is 29.5 Å². The maximum absolute atomic E-state index is 14.2. The number of hydrogen-bond donors (Lipinski definition) is 4. The topological polar surface area (TPSA) is 293 Å². The number of halogens is 3. The van der Waals surface area contributed by atoms with E-state index in [1.54, 1.807) is 40.7 Å². The molecule has 10 aromatic rings. The SMILES string of the molecule is CC(N)c1nc2ccc(F)cc2c(CS(C)(=O)=O)c1-c1ccccc1.CC(NC(=O)OC(C)(C)C)c1nc2ccc(F)cc2c(CS(C)(=O)=O)c1-c1ccccc1.CC(Nc1ncnc(N)c1C#N)c1nc2ccc(F)cc2c(CS(C)(=O)=O)c1-c1ccccc1. The van der Waals surface area contributed by atoms with Gasteiger partial charge in [0.1, 0.15) is 52.6 Å². The van der Waals surface area contributed by atoms with Gasteiger partial charge in [0.25, 0.3) is 0 Å². The van der Waals surface area contributed by atoms with E-state index in [0.29, 0.717) is 83.2 Å². The van der Waals surface area contributed by atoms with Crippen LogP contribution in [0.4, 0.5) is 29.6 Å². The largest absolute Gasteiger partial charge is 0.444 e. The summed E-state index contributed by atoms with van der Waals surface area (Å²) in [6.07, 6.45) is 4.07. The van der Waals surface area contributed by atoms with E-state index < -0.39 is 76.8 Å². The van der Waals surface area contributed by atoms with E-state index in [9.17, 15) is 48.5 Å². The van der Waals surface area contributed by atoms with Crippen LogP contribution in [-0.2, 0) is 51.5 Å². The molecule has 0 bridgehead atoms. The highest BCUT2D eigenvalue weighted by Crippen LogP contribution is 2.40. The van der Waals surface area contributed by atoms with Crippen molar-refractivity contribution in [2.24, 2.45) is 5.73 Å². The summed E-state index contributed by atoms with van der Waals surface area (Å²) in [7, 11) is -10.3. The summed E-state index contributed by atoms with van der Waals surface area (Å²) >= 11 is 0. The molecule has 10 rings (SSSR count). The number of benzene rings is 6. The third-order valence-electron chi connectivity index (χ3n) is 14.0. The normalized spacial score (nSPS) is 12.8. The molecule has 24 heteroatoms. The van der Waals surface area contributed by atoms with Crippen molar-refractivity contribution in [1.82, 2.24) is 30.2 Å². The predicted octanol–water partition coefficient (Wildman–Crippen LogP) is 12.8. The van der Waals surface area contributed by atoms with Crippen molar-refractivity contribution < 1.29 is 48.0 Å². The van der Waals surface area contributed by atoms with E-state index in [0.717, 1.165) is 29.2 Å². The van der Waals surface area contributed by atoms with Gasteiger partial charge in [-0.05, 0) is 130 Å². The summed E-state index contributed by atoms with van der Waals surface area (Å²) in [5.74, 6) is -1.95. The Hall–Kier alpha value is -9.41. The Labute approximate surface area is 526 Å². The van der Waals surface area contributed by atoms with Crippen molar-refractivity contribution in [1.29, 1.82) is 5.26 Å². The van der Waals surface area contributed by atoms with E-state index >= 15 is 0 Å². The highest BCUT2D eigenvalue weighted by Gasteiger charge is 2.28. The second-order valence-corrected chi connectivity index (χ2v) is 29.4. The van der Waals surface area contributed by atoms with Gasteiger partial charge in [0, 0.05) is 57.7 Å². The zero-order valence-corrected chi connectivity index (χ0v) is 53.7. The van der Waals surface area contributed by atoms with Crippen LogP contribution in [0.1, 0.15) is 99.0 Å². The number of alkyl carbamates (subject to hydrolysis) is 1. The first-order valence-electron chi connectivity index (χ1n) is 28.4. The molecule has 0 saturated carbocycles. The number of anilines is 2. The molecule has 0 aliphatic carbocycles. The lowest BCUT2D eigenvalue weighted by molar-refractivity contribution is 0.0507. The van der Waals surface area contributed by atoms with Gasteiger partial charge in [-0.25, -0.2) is 63.2 Å². The Bertz CT molecular complexity index is 4770. The van der Waals surface area contributed by atoms with Crippen molar-refractivity contribution in [2.75, 3.05) is 29.8 Å². The minimum absolute atomic E-state index is 0.0372. The molecule has 3 atom stereocenters. The fourth-order valence-electron chi connectivity index (χ4n) is 10.4. The van der Waals surface area contributed by atoms with Crippen LogP contribution in [-0.4, -0.2) is 80.6 Å². The lowest BCUT2D eigenvalue weighted by Crippen LogP contribution is -2.34. The molecule has 0 aliphatic heterocycles. The molecule has 18 nitrogen and oxygen atoms in total. The number of hydrogen-bond acceptors (Lipinski definition) is 17. The Morgan fingerprint density at radius 1 is 0.560 bits per heavy atom. The van der Waals surface area contributed by atoms with Crippen LogP contribution >= 0.6 is 0 Å². The number of pyridine rings is 3. The number of nitrogens with one attached hydrogen (secondary N) is 2. The molecule has 0 spiro atoms. The number of nitrogen functional groups attached to an aromatic ring is 1. The van der Waals surface area contributed by atoms with E-state index in [1.807, 2.05) is 104 Å². The number of amides is 1. The van der Waals surface area contributed by atoms with Crippen LogP contribution in [0.15, 0.2) is 152 Å². The number of nitriles is 1. The second kappa shape index (κ2) is 27.8. The van der Waals surface area contributed by atoms with Gasteiger partial charge in [-0.2, -0.15) is 5.26 Å². The molecule has 91 heavy (non-hydrogen) atoms. The first-order chi connectivity index (χ1) is 42.8. The molecule has 4 heterocycles. The van der Waals surface area contributed by atoms with Gasteiger partial charge < -0.3 is 26.8 Å². The average molecular weight is 1290 g/mol. The zero-order chi connectivity index (χ0) is 66.3. The Kier molecular flexibility index (Phi) is 20.6. The van der Waals surface area contributed by atoms with Crippen molar-refractivity contribution in [2.45, 2.75) is 82.5 Å². The third-order valence-corrected chi connectivity index (χ3v) is 16.4. The van der Waals surface area contributed by atoms with Crippen molar-refractivity contribution >= 4 is 79.9 Å². The summed E-state index contributed by atoms with van der Waals surface area (Å²) in [6, 6.07) is 40.5. The number of ether oxygens (including phenoxy) is 1. The highest BCUT2D eigenvalue weighted by atomic mass is 32.2. The molecule has 4 aromatic heterocycles. The van der Waals surface area contributed by atoms with Crippen LogP contribution < -0.4 is 22.1 Å². The van der Waals surface area contributed by atoms with Gasteiger partial charge in [-0.3, -0.25) is 4.98 Å². The minimum Gasteiger partial charge on any atom is -0.444 e. The summed E-state index contributed by atoms with van der Waals surface area (Å²) in [5, 5.41) is 16.8. The molecule has 0 fully saturated rings. The molecule has 0 radical (unpaired) electrons. The monoisotopic (exact) mass is 1290 g/mol. The molecule has 0 aliphatic rings. The smallest absolute Gasteiger partial charge is 0.408 e. The van der Waals surface area contributed by atoms with Gasteiger partial charge in [0.2, 0.25) is 0 Å². The summed E-state index contributed by atoms with van der Waals surface area (Å²) in [4.78, 5) is 34.5. The third kappa shape index (κ3) is 17.3. The van der Waals surface area contributed by atoms with Crippen molar-refractivity contribution in [3.63, 3.8) is 0 Å². The average Bonchev–Trinajstić information content (AvgIpc) is 0.805. The number of carbonyl (C=O) groups excluding carboxylic acids is 1. The summed E-state index contributed by atoms with van der Waals surface area (Å²) < 4.78 is 121. The fraction of sp³-hybridized carbons (Fsp3) is 0.239. The molecule has 472 valence electrons. The molecule has 3 unspecified atom stereocenters. The van der Waals surface area contributed by atoms with Gasteiger partial charge in [-0.15, -0.1) is 0 Å². The Morgan fingerprint density at radius 2 is 0.912 bits per heavy atom. The van der Waals surface area contributed by atoms with Crippen LogP contribution in [0.5, 0.6) is 0 Å². The lowest BCUT2D eigenvalue weighted by Gasteiger charge is -2.24. The van der Waals surface area contributed by atoms with Crippen molar-refractivity contribution in [3.05, 3.63) is 209 Å². The van der Waals surface area contributed by atoms with Crippen molar-refractivity contribution in [3.8, 4) is 39.4 Å². The van der Waals surface area contributed by atoms with Gasteiger partial charge >= 0.3 is 6.09 Å².